The Morgan fingerprint density at radius 3 is 2.40 bits per heavy atom. The molecule has 1 aliphatic heterocycles. The minimum absolute atomic E-state index is 0.525. The van der Waals surface area contributed by atoms with E-state index in [1.807, 2.05) is 0 Å². The molecule has 2 heteroatoms. The monoisotopic (exact) mass is 141 g/mol. The lowest BCUT2D eigenvalue weighted by molar-refractivity contribution is -0.0874. The van der Waals surface area contributed by atoms with E-state index in [0.29, 0.717) is 12.0 Å². The standard InChI is InChI=1S/C8H15NO/c9-5-7(6-1-2-6)8-3-4-10-8/h6-8H,1-5,9H2. The van der Waals surface area contributed by atoms with Crippen LogP contribution in [-0.2, 0) is 4.74 Å². The first-order chi connectivity index (χ1) is 4.92. The molecule has 0 aromatic carbocycles. The van der Waals surface area contributed by atoms with Gasteiger partial charge < -0.3 is 10.5 Å². The molecule has 0 aromatic heterocycles. The van der Waals surface area contributed by atoms with Gasteiger partial charge in [-0.1, -0.05) is 0 Å². The lowest BCUT2D eigenvalue weighted by Gasteiger charge is -2.33. The largest absolute Gasteiger partial charge is 0.378 e. The van der Waals surface area contributed by atoms with Crippen molar-refractivity contribution in [3.8, 4) is 0 Å². The molecule has 58 valence electrons. The third-order valence-electron chi connectivity index (χ3n) is 2.71. The Morgan fingerprint density at radius 2 is 2.10 bits per heavy atom. The van der Waals surface area contributed by atoms with Gasteiger partial charge in [-0.2, -0.15) is 0 Å². The normalized spacial score (nSPS) is 35.1. The van der Waals surface area contributed by atoms with E-state index >= 15 is 0 Å². The fourth-order valence-electron chi connectivity index (χ4n) is 1.76. The average Bonchev–Trinajstić information content (AvgIpc) is 2.58. The first kappa shape index (κ1) is 6.62. The maximum absolute atomic E-state index is 5.64. The van der Waals surface area contributed by atoms with Crippen LogP contribution in [0.15, 0.2) is 0 Å². The number of hydrogen-bond acceptors (Lipinski definition) is 2. The summed E-state index contributed by atoms with van der Waals surface area (Å²) in [6, 6.07) is 0. The highest BCUT2D eigenvalue weighted by molar-refractivity contribution is 4.89. The summed E-state index contributed by atoms with van der Waals surface area (Å²) in [7, 11) is 0. The van der Waals surface area contributed by atoms with Gasteiger partial charge in [-0.05, 0) is 31.7 Å². The summed E-state index contributed by atoms with van der Waals surface area (Å²) in [5, 5.41) is 0. The smallest absolute Gasteiger partial charge is 0.0639 e. The molecule has 1 saturated heterocycles. The zero-order valence-electron chi connectivity index (χ0n) is 6.25. The van der Waals surface area contributed by atoms with Crippen molar-refractivity contribution in [3.05, 3.63) is 0 Å². The molecule has 2 atom stereocenters. The van der Waals surface area contributed by atoms with E-state index in [0.717, 1.165) is 19.1 Å². The molecule has 0 aromatic rings. The zero-order valence-corrected chi connectivity index (χ0v) is 6.25. The number of hydrogen-bond donors (Lipinski definition) is 1. The van der Waals surface area contributed by atoms with Crippen LogP contribution >= 0.6 is 0 Å². The lowest BCUT2D eigenvalue weighted by atomic mass is 9.92. The second kappa shape index (κ2) is 2.51. The first-order valence-electron chi connectivity index (χ1n) is 4.23. The van der Waals surface area contributed by atoms with Crippen LogP contribution in [0.25, 0.3) is 0 Å². The fraction of sp³-hybridized carbons (Fsp3) is 1.00. The number of ether oxygens (including phenoxy) is 1. The molecule has 1 saturated carbocycles. The third kappa shape index (κ3) is 1.06. The molecule has 1 heterocycles. The minimum atomic E-state index is 0.525. The number of rotatable bonds is 3. The summed E-state index contributed by atoms with van der Waals surface area (Å²) in [6.07, 6.45) is 4.56. The van der Waals surface area contributed by atoms with Gasteiger partial charge in [0.2, 0.25) is 0 Å². The Hall–Kier alpha value is -0.0800. The van der Waals surface area contributed by atoms with Crippen LogP contribution in [0.3, 0.4) is 0 Å². The molecule has 2 unspecified atom stereocenters. The second-order valence-corrected chi connectivity index (χ2v) is 3.43. The third-order valence-corrected chi connectivity index (χ3v) is 2.71. The molecule has 2 fully saturated rings. The van der Waals surface area contributed by atoms with Crippen molar-refractivity contribution < 1.29 is 4.74 Å². The van der Waals surface area contributed by atoms with Gasteiger partial charge in [-0.25, -0.2) is 0 Å². The predicted molar refractivity (Wildman–Crippen MR) is 39.6 cm³/mol. The molecule has 1 aliphatic carbocycles. The summed E-state index contributed by atoms with van der Waals surface area (Å²) in [5.74, 6) is 1.60. The lowest BCUT2D eigenvalue weighted by Crippen LogP contribution is -2.39. The van der Waals surface area contributed by atoms with Crippen molar-refractivity contribution >= 4 is 0 Å². The fourth-order valence-corrected chi connectivity index (χ4v) is 1.76. The number of nitrogens with two attached hydrogens (primary N) is 1. The molecule has 2 rings (SSSR count). The van der Waals surface area contributed by atoms with Gasteiger partial charge >= 0.3 is 0 Å². The van der Waals surface area contributed by atoms with Crippen molar-refractivity contribution in [2.24, 2.45) is 17.6 Å². The van der Waals surface area contributed by atoms with E-state index < -0.39 is 0 Å². The average molecular weight is 141 g/mol. The maximum Gasteiger partial charge on any atom is 0.0639 e. The van der Waals surface area contributed by atoms with Gasteiger partial charge in [0.05, 0.1) is 6.10 Å². The van der Waals surface area contributed by atoms with Gasteiger partial charge in [-0.3, -0.25) is 0 Å². The van der Waals surface area contributed by atoms with Crippen molar-refractivity contribution in [1.82, 2.24) is 0 Å². The van der Waals surface area contributed by atoms with E-state index in [4.69, 9.17) is 10.5 Å². The molecule has 2 aliphatic rings. The molecule has 10 heavy (non-hydrogen) atoms. The Kier molecular flexibility index (Phi) is 1.66. The summed E-state index contributed by atoms with van der Waals surface area (Å²) in [5.41, 5.74) is 5.64. The SMILES string of the molecule is NCC(C1CC1)C1CCO1. The molecule has 0 amide bonds. The highest BCUT2D eigenvalue weighted by Gasteiger charge is 2.38. The summed E-state index contributed by atoms with van der Waals surface area (Å²) < 4.78 is 5.41. The highest BCUT2D eigenvalue weighted by Crippen LogP contribution is 2.41. The molecular weight excluding hydrogens is 126 g/mol. The van der Waals surface area contributed by atoms with E-state index in [2.05, 4.69) is 0 Å². The Labute approximate surface area is 61.7 Å². The van der Waals surface area contributed by atoms with Crippen molar-refractivity contribution in [3.63, 3.8) is 0 Å². The molecule has 2 nitrogen and oxygen atoms in total. The van der Waals surface area contributed by atoms with Crippen molar-refractivity contribution in [1.29, 1.82) is 0 Å². The van der Waals surface area contributed by atoms with Crippen molar-refractivity contribution in [2.75, 3.05) is 13.2 Å². The molecule has 0 spiro atoms. The summed E-state index contributed by atoms with van der Waals surface area (Å²) >= 11 is 0. The summed E-state index contributed by atoms with van der Waals surface area (Å²) in [4.78, 5) is 0. The molecular formula is C8H15NO. The second-order valence-electron chi connectivity index (χ2n) is 3.43. The predicted octanol–water partition coefficient (Wildman–Crippen LogP) is 0.760. The van der Waals surface area contributed by atoms with Gasteiger partial charge in [0.1, 0.15) is 0 Å². The zero-order chi connectivity index (χ0) is 6.97. The minimum Gasteiger partial charge on any atom is -0.378 e. The van der Waals surface area contributed by atoms with Gasteiger partial charge in [-0.15, -0.1) is 0 Å². The van der Waals surface area contributed by atoms with Crippen molar-refractivity contribution in [2.45, 2.75) is 25.4 Å². The van der Waals surface area contributed by atoms with E-state index in [-0.39, 0.29) is 0 Å². The van der Waals surface area contributed by atoms with Crippen LogP contribution < -0.4 is 5.73 Å². The van der Waals surface area contributed by atoms with Crippen LogP contribution in [0, 0.1) is 11.8 Å². The summed E-state index contributed by atoms with van der Waals surface area (Å²) in [6.45, 7) is 1.79. The van der Waals surface area contributed by atoms with Gasteiger partial charge in [0.15, 0.2) is 0 Å². The first-order valence-corrected chi connectivity index (χ1v) is 4.23. The van der Waals surface area contributed by atoms with Crippen LogP contribution in [0.2, 0.25) is 0 Å². The maximum atomic E-state index is 5.64. The van der Waals surface area contributed by atoms with Crippen LogP contribution in [0.4, 0.5) is 0 Å². The Balaban J connectivity index is 1.84. The topological polar surface area (TPSA) is 35.2 Å². The van der Waals surface area contributed by atoms with E-state index in [1.54, 1.807) is 0 Å². The van der Waals surface area contributed by atoms with Gasteiger partial charge in [0.25, 0.3) is 0 Å². The Morgan fingerprint density at radius 1 is 1.40 bits per heavy atom. The molecule has 0 bridgehead atoms. The quantitative estimate of drug-likeness (QED) is 0.629. The van der Waals surface area contributed by atoms with Crippen LogP contribution in [0.1, 0.15) is 19.3 Å². The van der Waals surface area contributed by atoms with Gasteiger partial charge in [0, 0.05) is 12.5 Å². The molecule has 2 N–H and O–H groups in total. The van der Waals surface area contributed by atoms with E-state index in [9.17, 15) is 0 Å². The highest BCUT2D eigenvalue weighted by atomic mass is 16.5. The van der Waals surface area contributed by atoms with E-state index in [1.165, 1.54) is 19.3 Å². The molecule has 0 radical (unpaired) electrons. The van der Waals surface area contributed by atoms with Crippen LogP contribution in [0.5, 0.6) is 0 Å². The Bertz CT molecular complexity index is 118. The van der Waals surface area contributed by atoms with Crippen LogP contribution in [-0.4, -0.2) is 19.3 Å².